The van der Waals surface area contributed by atoms with E-state index in [2.05, 4.69) is 55.7 Å². The van der Waals surface area contributed by atoms with Gasteiger partial charge in [0.2, 0.25) is 0 Å². The van der Waals surface area contributed by atoms with Crippen LogP contribution in [0.1, 0.15) is 57.6 Å². The second-order valence-corrected chi connectivity index (χ2v) is 11.6. The maximum Gasteiger partial charge on any atom is 0.128 e. The van der Waals surface area contributed by atoms with Crippen LogP contribution in [0.2, 0.25) is 0 Å². The van der Waals surface area contributed by atoms with Gasteiger partial charge in [0, 0.05) is 99.4 Å². The van der Waals surface area contributed by atoms with E-state index in [0.29, 0.717) is 39.3 Å². The molecule has 0 spiro atoms. The molecule has 0 amide bonds. The molecule has 2 aromatic carbocycles. The van der Waals surface area contributed by atoms with Crippen LogP contribution in [0.3, 0.4) is 0 Å². The summed E-state index contributed by atoms with van der Waals surface area (Å²) in [5.41, 5.74) is 7.36. The molecule has 1 aliphatic rings. The van der Waals surface area contributed by atoms with Crippen molar-refractivity contribution in [1.82, 2.24) is 19.8 Å². The summed E-state index contributed by atoms with van der Waals surface area (Å²) in [6.07, 6.45) is 8.82. The van der Waals surface area contributed by atoms with Crippen molar-refractivity contribution in [2.45, 2.75) is 52.9 Å². The number of rotatable bonds is 4. The zero-order valence-electron chi connectivity index (χ0n) is 25.7. The molecule has 228 valence electrons. The Morgan fingerprint density at radius 3 is 1.55 bits per heavy atom. The van der Waals surface area contributed by atoms with Crippen molar-refractivity contribution in [2.75, 3.05) is 26.2 Å². The van der Waals surface area contributed by atoms with Crippen LogP contribution in [0.5, 0.6) is 11.5 Å². The number of pyridine rings is 2. The van der Waals surface area contributed by atoms with Crippen LogP contribution in [-0.2, 0) is 26.2 Å². The lowest BCUT2D eigenvalue weighted by molar-refractivity contribution is 0.202. The van der Waals surface area contributed by atoms with Gasteiger partial charge in [0.05, 0.1) is 11.4 Å². The van der Waals surface area contributed by atoms with Crippen LogP contribution in [0.25, 0.3) is 0 Å². The molecule has 5 rings (SSSR count). The number of nitrogens with zero attached hydrogens (tertiary/aromatic N) is 6. The van der Waals surface area contributed by atoms with E-state index in [0.717, 1.165) is 70.7 Å². The van der Waals surface area contributed by atoms with Crippen LogP contribution in [0.4, 0.5) is 0 Å². The molecule has 2 aromatic heterocycles. The van der Waals surface area contributed by atoms with E-state index in [1.54, 1.807) is 12.4 Å². The van der Waals surface area contributed by atoms with Crippen molar-refractivity contribution in [1.29, 1.82) is 0 Å². The Balaban J connectivity index is 1.46. The highest BCUT2D eigenvalue weighted by molar-refractivity contribution is 5.85. The smallest absolute Gasteiger partial charge is 0.128 e. The minimum absolute atomic E-state index is 0.277. The first-order valence-electron chi connectivity index (χ1n) is 15.3. The first-order valence-corrected chi connectivity index (χ1v) is 15.3. The first-order chi connectivity index (χ1) is 21.4. The Bertz CT molecular complexity index is 1460. The molecular weight excluding hydrogens is 548 g/mol. The van der Waals surface area contributed by atoms with Crippen LogP contribution >= 0.6 is 0 Å². The van der Waals surface area contributed by atoms with E-state index < -0.39 is 0 Å². The number of hydrogen-bond donors (Lipinski definition) is 2. The minimum atomic E-state index is 0.277. The molecule has 0 unspecified atom stereocenters. The van der Waals surface area contributed by atoms with E-state index in [1.165, 1.54) is 0 Å². The van der Waals surface area contributed by atoms with Gasteiger partial charge in [-0.25, -0.2) is 0 Å². The molecule has 4 aromatic rings. The average Bonchev–Trinajstić information content (AvgIpc) is 3.01. The summed E-state index contributed by atoms with van der Waals surface area (Å²) >= 11 is 0. The van der Waals surface area contributed by atoms with Crippen molar-refractivity contribution in [3.8, 4) is 11.5 Å². The fourth-order valence-corrected chi connectivity index (χ4v) is 5.65. The predicted molar refractivity (Wildman–Crippen MR) is 177 cm³/mol. The third kappa shape index (κ3) is 8.81. The number of phenols is 2. The molecule has 8 nitrogen and oxygen atoms in total. The summed E-state index contributed by atoms with van der Waals surface area (Å²) in [4.78, 5) is 23.0. The summed E-state index contributed by atoms with van der Waals surface area (Å²) < 4.78 is 0. The highest BCUT2D eigenvalue weighted by Crippen LogP contribution is 2.27. The van der Waals surface area contributed by atoms with Crippen molar-refractivity contribution in [3.05, 3.63) is 118 Å². The Morgan fingerprint density at radius 1 is 0.636 bits per heavy atom. The molecule has 0 fully saturated rings. The van der Waals surface area contributed by atoms with Crippen molar-refractivity contribution in [3.63, 3.8) is 0 Å². The van der Waals surface area contributed by atoms with Gasteiger partial charge in [-0.1, -0.05) is 24.3 Å². The van der Waals surface area contributed by atoms with E-state index in [9.17, 15) is 10.2 Å². The van der Waals surface area contributed by atoms with E-state index >= 15 is 0 Å². The van der Waals surface area contributed by atoms with Crippen LogP contribution in [0.15, 0.2) is 83.0 Å². The molecule has 0 aliphatic carbocycles. The number of benzene rings is 2. The third-order valence-corrected chi connectivity index (χ3v) is 7.72. The Labute approximate surface area is 260 Å². The van der Waals surface area contributed by atoms with Crippen molar-refractivity contribution < 1.29 is 10.2 Å². The van der Waals surface area contributed by atoms with E-state index in [1.807, 2.05) is 60.9 Å². The van der Waals surface area contributed by atoms with Crippen molar-refractivity contribution >= 4 is 12.4 Å². The lowest BCUT2D eigenvalue weighted by atomic mass is 10.0. The SMILES string of the molecule is Cc1cc2c(O)c(c1)CN(Cc1ccccn1)CCCN(Cc1ccccn1)Cc1cc(C)cc(c1O)C=NCCCN=C2. The maximum atomic E-state index is 11.2. The van der Waals surface area contributed by atoms with Gasteiger partial charge in [-0.3, -0.25) is 29.8 Å². The van der Waals surface area contributed by atoms with Crippen LogP contribution in [-0.4, -0.2) is 68.6 Å². The summed E-state index contributed by atoms with van der Waals surface area (Å²) in [6.45, 7) is 9.39. The summed E-state index contributed by atoms with van der Waals surface area (Å²) in [6, 6.07) is 20.0. The number of phenolic OH excluding ortho intramolecular Hbond substituents is 2. The van der Waals surface area contributed by atoms with Crippen LogP contribution in [0, 0.1) is 13.8 Å². The van der Waals surface area contributed by atoms with E-state index in [-0.39, 0.29) is 11.5 Å². The molecule has 3 heterocycles. The van der Waals surface area contributed by atoms with Gasteiger partial charge in [-0.2, -0.15) is 0 Å². The zero-order valence-corrected chi connectivity index (χ0v) is 25.7. The molecule has 0 saturated carbocycles. The Hall–Kier alpha value is -4.40. The summed E-state index contributed by atoms with van der Waals surface area (Å²) in [7, 11) is 0. The van der Waals surface area contributed by atoms with Gasteiger partial charge in [0.15, 0.2) is 0 Å². The zero-order chi connectivity index (χ0) is 30.7. The molecule has 44 heavy (non-hydrogen) atoms. The molecule has 4 bridgehead atoms. The van der Waals surface area contributed by atoms with Gasteiger partial charge in [0.25, 0.3) is 0 Å². The molecule has 1 aliphatic heterocycles. The summed E-state index contributed by atoms with van der Waals surface area (Å²) in [5.74, 6) is 0.554. The minimum Gasteiger partial charge on any atom is -0.507 e. The van der Waals surface area contributed by atoms with E-state index in [4.69, 9.17) is 0 Å². The van der Waals surface area contributed by atoms with Crippen LogP contribution < -0.4 is 0 Å². The molecule has 2 N–H and O–H groups in total. The topological polar surface area (TPSA) is 97.4 Å². The quantitative estimate of drug-likeness (QED) is 0.310. The highest BCUT2D eigenvalue weighted by atomic mass is 16.3. The Morgan fingerprint density at radius 2 is 1.11 bits per heavy atom. The second-order valence-electron chi connectivity index (χ2n) is 11.6. The fourth-order valence-electron chi connectivity index (χ4n) is 5.65. The average molecular weight is 591 g/mol. The molecule has 0 atom stereocenters. The first kappa shape index (κ1) is 31.0. The number of hydrogen-bond acceptors (Lipinski definition) is 8. The van der Waals surface area contributed by atoms with Gasteiger partial charge >= 0.3 is 0 Å². The lowest BCUT2D eigenvalue weighted by Crippen LogP contribution is -2.30. The number of fused-ring (bicyclic) bond motifs is 4. The van der Waals surface area contributed by atoms with Gasteiger partial charge < -0.3 is 10.2 Å². The fraction of sp³-hybridized carbons (Fsp3) is 0.333. The van der Waals surface area contributed by atoms with Crippen molar-refractivity contribution in [2.24, 2.45) is 9.98 Å². The molecule has 0 saturated heterocycles. The molecule has 8 heteroatoms. The predicted octanol–water partition coefficient (Wildman–Crippen LogP) is 5.84. The van der Waals surface area contributed by atoms with Gasteiger partial charge in [-0.05, 0) is 74.2 Å². The van der Waals surface area contributed by atoms with Gasteiger partial charge in [-0.15, -0.1) is 0 Å². The van der Waals surface area contributed by atoms with Gasteiger partial charge in [0.1, 0.15) is 11.5 Å². The molecular formula is C36H42N6O2. The normalized spacial score (nSPS) is 15.7. The standard InChI is InChI=1S/C36H42N6O2/c1-27-17-29-21-37-11-7-12-38-22-30-18-28(2)20-32(36(30)44)24-42(26-34-10-4-6-14-40-34)16-8-15-41(23-31(19-27)35(29)43)25-33-9-3-5-13-39-33/h3-6,9-10,13-14,17-22,43-44H,7-8,11-12,15-16,23-26H2,1-2H3. The maximum absolute atomic E-state index is 11.2. The number of aryl methyl sites for hydroxylation is 2. The number of aliphatic imine (C=N–C) groups is 2. The summed E-state index contributed by atoms with van der Waals surface area (Å²) in [5, 5.41) is 22.5. The Kier molecular flexibility index (Phi) is 10.8. The monoisotopic (exact) mass is 590 g/mol. The molecule has 0 radical (unpaired) electrons. The lowest BCUT2D eigenvalue weighted by Gasteiger charge is -2.27. The second kappa shape index (κ2) is 15.4. The highest BCUT2D eigenvalue weighted by Gasteiger charge is 2.17. The number of aromatic nitrogens is 2. The number of aromatic hydroxyl groups is 2. The third-order valence-electron chi connectivity index (χ3n) is 7.72. The largest absolute Gasteiger partial charge is 0.507 e.